The van der Waals surface area contributed by atoms with Gasteiger partial charge in [-0.3, -0.25) is 0 Å². The smallest absolute Gasteiger partial charge is 0.401 e. The Morgan fingerprint density at radius 2 is 1.02 bits per heavy atom. The average molecular weight is 591 g/mol. The van der Waals surface area contributed by atoms with Gasteiger partial charge in [-0.15, -0.1) is 6.58 Å². The summed E-state index contributed by atoms with van der Waals surface area (Å²) in [6, 6.07) is 40.5. The fourth-order valence-electron chi connectivity index (χ4n) is 6.73. The highest BCUT2D eigenvalue weighted by atomic mass is 16.7. The molecule has 0 amide bonds. The lowest BCUT2D eigenvalue weighted by molar-refractivity contribution is -0.136. The Labute approximate surface area is 262 Å². The quantitative estimate of drug-likeness (QED) is 0.130. The van der Waals surface area contributed by atoms with Gasteiger partial charge in [-0.1, -0.05) is 148 Å². The van der Waals surface area contributed by atoms with Crippen molar-refractivity contribution in [2.75, 3.05) is 14.2 Å². The Balaban J connectivity index is 1.81. The number of hydrogen-bond acceptors (Lipinski definition) is 5. The van der Waals surface area contributed by atoms with E-state index < -0.39 is 42.4 Å². The summed E-state index contributed by atoms with van der Waals surface area (Å²) < 4.78 is 27.6. The van der Waals surface area contributed by atoms with Gasteiger partial charge in [0.25, 0.3) is 0 Å². The molecule has 228 valence electrons. The van der Waals surface area contributed by atoms with Crippen molar-refractivity contribution in [1.29, 1.82) is 0 Å². The standard InChI is InChI=1S/C38H43BO5/c1-6-28(3)34(40)33(7-2)39-43-35(37(41-4,29-20-12-8-13-21-29)30-22-14-9-15-23-30)36(44-39)38(42-5,31-24-16-10-17-25-31)32-26-18-11-19-27-32/h7-28,33-36,40H,2,6H2,1,3-5H3/t28?,33-,34+,35+,36+/m0/s1. The first-order chi connectivity index (χ1) is 21.5. The molecule has 1 fully saturated rings. The van der Waals surface area contributed by atoms with Crippen LogP contribution >= 0.6 is 0 Å². The van der Waals surface area contributed by atoms with Gasteiger partial charge in [0.2, 0.25) is 0 Å². The highest BCUT2D eigenvalue weighted by molar-refractivity contribution is 6.48. The number of hydrogen-bond donors (Lipinski definition) is 1. The van der Waals surface area contributed by atoms with Crippen LogP contribution in [0.5, 0.6) is 0 Å². The molecule has 0 radical (unpaired) electrons. The minimum Gasteiger partial charge on any atom is -0.401 e. The van der Waals surface area contributed by atoms with Crippen molar-refractivity contribution in [2.24, 2.45) is 5.92 Å². The zero-order valence-electron chi connectivity index (χ0n) is 26.1. The maximum Gasteiger partial charge on any atom is 0.467 e. The first-order valence-corrected chi connectivity index (χ1v) is 15.4. The molecule has 1 unspecified atom stereocenters. The molecular formula is C38H43BO5. The van der Waals surface area contributed by atoms with Crippen molar-refractivity contribution in [2.45, 2.75) is 55.6 Å². The van der Waals surface area contributed by atoms with Crippen LogP contribution in [0.2, 0.25) is 5.82 Å². The van der Waals surface area contributed by atoms with Gasteiger partial charge in [0.05, 0.1) is 6.10 Å². The van der Waals surface area contributed by atoms with Gasteiger partial charge in [0.15, 0.2) is 0 Å². The van der Waals surface area contributed by atoms with Gasteiger partial charge in [0.1, 0.15) is 23.4 Å². The number of rotatable bonds is 13. The summed E-state index contributed by atoms with van der Waals surface area (Å²) in [4.78, 5) is 0. The van der Waals surface area contributed by atoms with E-state index >= 15 is 0 Å². The molecule has 1 aliphatic rings. The molecule has 0 aliphatic carbocycles. The van der Waals surface area contributed by atoms with Crippen molar-refractivity contribution >= 4 is 7.12 Å². The third-order valence-corrected chi connectivity index (χ3v) is 9.30. The van der Waals surface area contributed by atoms with Crippen LogP contribution in [0, 0.1) is 5.92 Å². The van der Waals surface area contributed by atoms with E-state index in [4.69, 9.17) is 18.8 Å². The molecule has 1 aliphatic heterocycles. The number of methoxy groups -OCH3 is 2. The van der Waals surface area contributed by atoms with E-state index in [0.29, 0.717) is 0 Å². The van der Waals surface area contributed by atoms with Crippen LogP contribution in [0.15, 0.2) is 134 Å². The van der Waals surface area contributed by atoms with E-state index in [-0.39, 0.29) is 5.92 Å². The second kappa shape index (κ2) is 14.1. The van der Waals surface area contributed by atoms with Gasteiger partial charge in [-0.25, -0.2) is 0 Å². The molecular weight excluding hydrogens is 547 g/mol. The molecule has 5 nitrogen and oxygen atoms in total. The molecule has 5 rings (SSSR count). The first-order valence-electron chi connectivity index (χ1n) is 15.4. The summed E-state index contributed by atoms with van der Waals surface area (Å²) in [5.41, 5.74) is 1.44. The topological polar surface area (TPSA) is 57.2 Å². The van der Waals surface area contributed by atoms with Crippen LogP contribution in [0.4, 0.5) is 0 Å². The predicted molar refractivity (Wildman–Crippen MR) is 176 cm³/mol. The van der Waals surface area contributed by atoms with E-state index in [2.05, 4.69) is 62.0 Å². The van der Waals surface area contributed by atoms with Crippen molar-refractivity contribution in [3.8, 4) is 0 Å². The van der Waals surface area contributed by atoms with Crippen LogP contribution in [-0.2, 0) is 30.0 Å². The highest BCUT2D eigenvalue weighted by Crippen LogP contribution is 2.51. The van der Waals surface area contributed by atoms with Gasteiger partial charge in [-0.2, -0.15) is 0 Å². The molecule has 6 heteroatoms. The molecule has 4 aromatic carbocycles. The predicted octanol–water partition coefficient (Wildman–Crippen LogP) is 7.40. The minimum atomic E-state index is -1.11. The molecule has 0 saturated carbocycles. The third-order valence-electron chi connectivity index (χ3n) is 9.30. The van der Waals surface area contributed by atoms with Gasteiger partial charge in [-0.05, 0) is 28.2 Å². The van der Waals surface area contributed by atoms with E-state index in [0.717, 1.165) is 28.7 Å². The molecule has 1 heterocycles. The normalized spacial score (nSPS) is 19.3. The highest BCUT2D eigenvalue weighted by Gasteiger charge is 2.63. The summed E-state index contributed by atoms with van der Waals surface area (Å²) >= 11 is 0. The molecule has 0 bridgehead atoms. The van der Waals surface area contributed by atoms with Crippen LogP contribution in [-0.4, -0.2) is 44.8 Å². The summed E-state index contributed by atoms with van der Waals surface area (Å²) in [5.74, 6) is -0.492. The maximum atomic E-state index is 11.5. The van der Waals surface area contributed by atoms with Crippen LogP contribution in [0.25, 0.3) is 0 Å². The Morgan fingerprint density at radius 1 is 0.705 bits per heavy atom. The van der Waals surface area contributed by atoms with E-state index in [9.17, 15) is 5.11 Å². The van der Waals surface area contributed by atoms with Crippen molar-refractivity contribution < 1.29 is 23.9 Å². The third kappa shape index (κ3) is 5.58. The van der Waals surface area contributed by atoms with Gasteiger partial charge < -0.3 is 23.9 Å². The van der Waals surface area contributed by atoms with Gasteiger partial charge in [0, 0.05) is 20.0 Å². The number of benzene rings is 4. The molecule has 5 atom stereocenters. The molecule has 1 N–H and O–H groups in total. The van der Waals surface area contributed by atoms with E-state index in [1.54, 1.807) is 20.3 Å². The molecule has 4 aromatic rings. The summed E-state index contributed by atoms with van der Waals surface area (Å²) in [6.45, 7) is 8.21. The number of aliphatic hydroxyl groups is 1. The number of ether oxygens (including phenoxy) is 2. The van der Waals surface area contributed by atoms with Crippen molar-refractivity contribution in [1.82, 2.24) is 0 Å². The van der Waals surface area contributed by atoms with Crippen LogP contribution in [0.1, 0.15) is 42.5 Å². The van der Waals surface area contributed by atoms with Crippen molar-refractivity contribution in [3.63, 3.8) is 0 Å². The Kier molecular flexibility index (Phi) is 10.2. The zero-order valence-corrected chi connectivity index (χ0v) is 26.1. The zero-order chi connectivity index (χ0) is 31.2. The fourth-order valence-corrected chi connectivity index (χ4v) is 6.73. The van der Waals surface area contributed by atoms with Crippen LogP contribution in [0.3, 0.4) is 0 Å². The summed E-state index contributed by atoms with van der Waals surface area (Å²) in [7, 11) is 2.61. The molecule has 0 aromatic heterocycles. The largest absolute Gasteiger partial charge is 0.467 e. The monoisotopic (exact) mass is 590 g/mol. The number of aliphatic hydroxyl groups excluding tert-OH is 1. The maximum absolute atomic E-state index is 11.5. The van der Waals surface area contributed by atoms with Gasteiger partial charge >= 0.3 is 7.12 Å². The lowest BCUT2D eigenvalue weighted by atomic mass is 9.66. The Bertz CT molecular complexity index is 1270. The Hall–Kier alpha value is -3.52. The average Bonchev–Trinajstić information content (AvgIpc) is 3.53. The molecule has 0 spiro atoms. The van der Waals surface area contributed by atoms with Crippen LogP contribution < -0.4 is 0 Å². The lowest BCUT2D eigenvalue weighted by Crippen LogP contribution is -2.56. The van der Waals surface area contributed by atoms with Crippen molar-refractivity contribution in [3.05, 3.63) is 156 Å². The van der Waals surface area contributed by atoms with E-state index in [1.165, 1.54) is 0 Å². The molecule has 1 saturated heterocycles. The fraction of sp³-hybridized carbons (Fsp3) is 0.316. The summed E-state index contributed by atoms with van der Waals surface area (Å²) in [6.07, 6.45) is 0.373. The molecule has 44 heavy (non-hydrogen) atoms. The summed E-state index contributed by atoms with van der Waals surface area (Å²) in [5, 5.41) is 11.5. The Morgan fingerprint density at radius 3 is 1.27 bits per heavy atom. The second-order valence-electron chi connectivity index (χ2n) is 11.5. The second-order valence-corrected chi connectivity index (χ2v) is 11.5. The lowest BCUT2D eigenvalue weighted by Gasteiger charge is -2.47. The first kappa shape index (κ1) is 31.9. The van der Waals surface area contributed by atoms with E-state index in [1.807, 2.05) is 79.7 Å². The SMILES string of the molecule is C=C[C@H](B1O[C@@H](C(OC)(c2ccccc2)c2ccccc2)[C@H](C(OC)(c2ccccc2)c2ccccc2)O1)[C@H](O)C(C)CC. The minimum absolute atomic E-state index is 0.00792.